The van der Waals surface area contributed by atoms with Gasteiger partial charge in [0.1, 0.15) is 0 Å². The Morgan fingerprint density at radius 3 is 2.35 bits per heavy atom. The van der Waals surface area contributed by atoms with E-state index >= 15 is 0 Å². The third-order valence-electron chi connectivity index (χ3n) is 2.66. The van der Waals surface area contributed by atoms with Gasteiger partial charge in [0.15, 0.2) is 0 Å². The molecule has 3 heteroatoms. The molecule has 0 radical (unpaired) electrons. The summed E-state index contributed by atoms with van der Waals surface area (Å²) < 4.78 is 1.22. The monoisotopic (exact) mass is 376 g/mol. The Morgan fingerprint density at radius 2 is 1.71 bits per heavy atom. The minimum absolute atomic E-state index is 0.126. The molecule has 0 saturated heterocycles. The maximum atomic E-state index is 6.51. The van der Waals surface area contributed by atoms with Crippen LogP contribution in [0.1, 0.15) is 22.1 Å². The Hall–Kier alpha value is -0.250. The van der Waals surface area contributed by atoms with Crippen molar-refractivity contribution in [3.05, 3.63) is 67.7 Å². The van der Waals surface area contributed by atoms with E-state index in [1.54, 1.807) is 0 Å². The number of alkyl halides is 1. The Labute approximate surface area is 125 Å². The van der Waals surface area contributed by atoms with E-state index in [4.69, 9.17) is 23.2 Å². The summed E-state index contributed by atoms with van der Waals surface area (Å²) in [5.74, 6) is 0. The van der Waals surface area contributed by atoms with Gasteiger partial charge in [-0.3, -0.25) is 0 Å². The fourth-order valence-electron chi connectivity index (χ4n) is 1.68. The van der Waals surface area contributed by atoms with Gasteiger partial charge in [-0.25, -0.2) is 0 Å². The fraction of sp³-hybridized carbons (Fsp3) is 0.143. The van der Waals surface area contributed by atoms with E-state index in [9.17, 15) is 0 Å². The van der Waals surface area contributed by atoms with Gasteiger partial charge in [0.05, 0.1) is 5.38 Å². The first-order chi connectivity index (χ1) is 8.09. The molecule has 0 spiro atoms. The van der Waals surface area contributed by atoms with Crippen LogP contribution in [0.25, 0.3) is 0 Å². The van der Waals surface area contributed by atoms with Gasteiger partial charge in [-0.05, 0) is 58.3 Å². The van der Waals surface area contributed by atoms with Gasteiger partial charge in [-0.2, -0.15) is 0 Å². The van der Waals surface area contributed by atoms with Gasteiger partial charge < -0.3 is 0 Å². The Balaban J connectivity index is 2.40. The topological polar surface area (TPSA) is 0 Å². The molecule has 2 aromatic carbocycles. The van der Waals surface area contributed by atoms with Crippen molar-refractivity contribution in [1.82, 2.24) is 0 Å². The third-order valence-corrected chi connectivity index (χ3v) is 4.87. The average molecular weight is 377 g/mol. The van der Waals surface area contributed by atoms with Gasteiger partial charge in [-0.1, -0.05) is 41.9 Å². The van der Waals surface area contributed by atoms with Crippen molar-refractivity contribution in [3.63, 3.8) is 0 Å². The zero-order chi connectivity index (χ0) is 12.4. The van der Waals surface area contributed by atoms with Crippen LogP contribution >= 0.6 is 45.8 Å². The second-order valence-corrected chi connectivity index (χ2v) is 5.84. The summed E-state index contributed by atoms with van der Waals surface area (Å²) in [5.41, 5.74) is 3.47. The quantitative estimate of drug-likeness (QED) is 0.474. The van der Waals surface area contributed by atoms with Crippen LogP contribution in [-0.2, 0) is 0 Å². The van der Waals surface area contributed by atoms with Crippen molar-refractivity contribution in [2.75, 3.05) is 0 Å². The molecule has 0 aliphatic rings. The van der Waals surface area contributed by atoms with Crippen LogP contribution in [0.3, 0.4) is 0 Å². The highest BCUT2D eigenvalue weighted by Gasteiger charge is 2.14. The normalized spacial score (nSPS) is 12.5. The van der Waals surface area contributed by atoms with Gasteiger partial charge in [0.2, 0.25) is 0 Å². The lowest BCUT2D eigenvalue weighted by Gasteiger charge is -2.13. The number of hydrogen-bond donors (Lipinski definition) is 0. The highest BCUT2D eigenvalue weighted by Crippen LogP contribution is 2.33. The molecule has 0 amide bonds. The van der Waals surface area contributed by atoms with Crippen LogP contribution < -0.4 is 0 Å². The van der Waals surface area contributed by atoms with Crippen LogP contribution in [-0.4, -0.2) is 0 Å². The molecule has 0 aliphatic heterocycles. The Morgan fingerprint density at radius 1 is 1.06 bits per heavy atom. The lowest BCUT2D eigenvalue weighted by Crippen LogP contribution is -1.97. The first-order valence-corrected chi connectivity index (χ1v) is 7.13. The number of benzene rings is 2. The summed E-state index contributed by atoms with van der Waals surface area (Å²) >= 11 is 14.7. The van der Waals surface area contributed by atoms with E-state index in [1.807, 2.05) is 30.3 Å². The van der Waals surface area contributed by atoms with E-state index in [2.05, 4.69) is 41.6 Å². The van der Waals surface area contributed by atoms with Gasteiger partial charge in [-0.15, -0.1) is 11.6 Å². The summed E-state index contributed by atoms with van der Waals surface area (Å²) in [6, 6.07) is 13.9. The molecule has 0 bridgehead atoms. The molecule has 88 valence electrons. The van der Waals surface area contributed by atoms with Crippen LogP contribution in [0.5, 0.6) is 0 Å². The molecule has 0 aliphatic carbocycles. The van der Waals surface area contributed by atoms with Crippen molar-refractivity contribution < 1.29 is 0 Å². The lowest BCUT2D eigenvalue weighted by atomic mass is 10.0. The molecular formula is C14H11Cl2I. The molecule has 2 aromatic rings. The highest BCUT2D eigenvalue weighted by molar-refractivity contribution is 14.1. The minimum Gasteiger partial charge on any atom is -0.113 e. The fourth-order valence-corrected chi connectivity index (χ4v) is 2.99. The van der Waals surface area contributed by atoms with Crippen molar-refractivity contribution in [2.45, 2.75) is 12.3 Å². The van der Waals surface area contributed by atoms with E-state index < -0.39 is 0 Å². The molecule has 2 rings (SSSR count). The molecule has 1 atom stereocenters. The molecule has 0 fully saturated rings. The number of aryl methyl sites for hydroxylation is 1. The minimum atomic E-state index is -0.126. The van der Waals surface area contributed by atoms with Crippen molar-refractivity contribution in [1.29, 1.82) is 0 Å². The van der Waals surface area contributed by atoms with Gasteiger partial charge >= 0.3 is 0 Å². The van der Waals surface area contributed by atoms with Gasteiger partial charge in [0, 0.05) is 8.59 Å². The molecule has 0 heterocycles. The first kappa shape index (κ1) is 13.2. The zero-order valence-electron chi connectivity index (χ0n) is 9.25. The number of halogens is 3. The van der Waals surface area contributed by atoms with E-state index in [0.29, 0.717) is 0 Å². The van der Waals surface area contributed by atoms with Crippen LogP contribution in [0.15, 0.2) is 42.5 Å². The SMILES string of the molecule is Cc1cccc(C(Cl)c2ccc(Cl)cc2)c1I. The summed E-state index contributed by atoms with van der Waals surface area (Å²) in [6.07, 6.45) is 0. The maximum absolute atomic E-state index is 6.51. The first-order valence-electron chi connectivity index (χ1n) is 5.24. The summed E-state index contributed by atoms with van der Waals surface area (Å²) in [6.45, 7) is 2.09. The molecular weight excluding hydrogens is 366 g/mol. The number of hydrogen-bond acceptors (Lipinski definition) is 0. The van der Waals surface area contributed by atoms with Crippen LogP contribution in [0.2, 0.25) is 5.02 Å². The predicted molar refractivity (Wildman–Crippen MR) is 83.0 cm³/mol. The molecule has 1 unspecified atom stereocenters. The summed E-state index contributed by atoms with van der Waals surface area (Å²) in [5, 5.41) is 0.607. The summed E-state index contributed by atoms with van der Waals surface area (Å²) in [4.78, 5) is 0. The Bertz CT molecular complexity index is 520. The summed E-state index contributed by atoms with van der Waals surface area (Å²) in [7, 11) is 0. The van der Waals surface area contributed by atoms with E-state index in [1.165, 1.54) is 9.13 Å². The second-order valence-electron chi connectivity index (χ2n) is 3.89. The molecule has 0 saturated carbocycles. The van der Waals surface area contributed by atoms with Crippen molar-refractivity contribution >= 4 is 45.8 Å². The van der Waals surface area contributed by atoms with Crippen molar-refractivity contribution in [3.8, 4) is 0 Å². The van der Waals surface area contributed by atoms with E-state index in [-0.39, 0.29) is 5.38 Å². The van der Waals surface area contributed by atoms with Crippen LogP contribution in [0.4, 0.5) is 0 Å². The average Bonchev–Trinajstić information content (AvgIpc) is 2.33. The standard InChI is InChI=1S/C14H11Cl2I/c1-9-3-2-4-12(14(9)17)13(16)10-5-7-11(15)8-6-10/h2-8,13H,1H3. The highest BCUT2D eigenvalue weighted by atomic mass is 127. The van der Waals surface area contributed by atoms with Crippen molar-refractivity contribution in [2.24, 2.45) is 0 Å². The number of rotatable bonds is 2. The predicted octanol–water partition coefficient (Wildman–Crippen LogP) is 5.58. The van der Waals surface area contributed by atoms with Crippen LogP contribution in [0, 0.1) is 10.5 Å². The molecule has 0 nitrogen and oxygen atoms in total. The smallest absolute Gasteiger partial charge is 0.0845 e. The van der Waals surface area contributed by atoms with E-state index in [0.717, 1.165) is 16.1 Å². The largest absolute Gasteiger partial charge is 0.113 e. The van der Waals surface area contributed by atoms with Gasteiger partial charge in [0.25, 0.3) is 0 Å². The molecule has 0 N–H and O–H groups in total. The third kappa shape index (κ3) is 2.95. The molecule has 0 aromatic heterocycles. The second kappa shape index (κ2) is 5.59. The lowest BCUT2D eigenvalue weighted by molar-refractivity contribution is 1.12. The maximum Gasteiger partial charge on any atom is 0.0845 e. The molecule has 17 heavy (non-hydrogen) atoms. The zero-order valence-corrected chi connectivity index (χ0v) is 12.9. The Kier molecular flexibility index (Phi) is 4.34.